The van der Waals surface area contributed by atoms with Crippen LogP contribution in [0, 0.1) is 0 Å². The number of aromatic nitrogens is 6. The second kappa shape index (κ2) is 29.0. The number of amides is 1. The number of carbonyl (C=O) groups excluding carboxylic acids is 3. The zero-order valence-corrected chi connectivity index (χ0v) is 45.0. The molecule has 6 aromatic rings. The fourth-order valence-corrected chi connectivity index (χ4v) is 7.47. The van der Waals surface area contributed by atoms with Gasteiger partial charge in [-0.3, -0.25) is 4.79 Å². The number of hydrogen-bond donors (Lipinski definition) is 7. The van der Waals surface area contributed by atoms with Gasteiger partial charge in [0.15, 0.2) is 23.6 Å². The van der Waals surface area contributed by atoms with Gasteiger partial charge in [-0.05, 0) is 135 Å². The smallest absolute Gasteiger partial charge is 0.476 e. The van der Waals surface area contributed by atoms with E-state index in [9.17, 15) is 34.6 Å². The summed E-state index contributed by atoms with van der Waals surface area (Å²) in [4.78, 5) is 46.3. The van der Waals surface area contributed by atoms with Crippen LogP contribution in [0.5, 0.6) is 0 Å². The number of halogens is 3. The Labute approximate surface area is 452 Å². The predicted molar refractivity (Wildman–Crippen MR) is 281 cm³/mol. The number of carbonyl (C=O) groups is 4. The Bertz CT molecular complexity index is 2770. The van der Waals surface area contributed by atoms with E-state index in [1.165, 1.54) is 0 Å². The van der Waals surface area contributed by atoms with Gasteiger partial charge in [0.25, 0.3) is 5.91 Å². The van der Waals surface area contributed by atoms with E-state index >= 15 is 0 Å². The van der Waals surface area contributed by atoms with Crippen LogP contribution >= 0.6 is 39.1 Å². The summed E-state index contributed by atoms with van der Waals surface area (Å²) < 4.78 is 22.4. The number of nitrogens with two attached hydrogens (primary N) is 1. The molecule has 1 amide bonds. The molecule has 21 nitrogen and oxygen atoms in total. The van der Waals surface area contributed by atoms with Crippen LogP contribution in [0.25, 0.3) is 11.1 Å². The van der Waals surface area contributed by atoms with Crippen molar-refractivity contribution in [1.82, 2.24) is 35.6 Å². The average molecular weight is 1140 g/mol. The van der Waals surface area contributed by atoms with Crippen LogP contribution in [0.1, 0.15) is 86.5 Å². The van der Waals surface area contributed by atoms with E-state index in [4.69, 9.17) is 58.0 Å². The van der Waals surface area contributed by atoms with Crippen molar-refractivity contribution < 1.29 is 63.7 Å². The van der Waals surface area contributed by atoms with Crippen LogP contribution in [-0.4, -0.2) is 136 Å². The van der Waals surface area contributed by atoms with E-state index in [2.05, 4.69) is 41.9 Å². The van der Waals surface area contributed by atoms with Crippen molar-refractivity contribution in [3.05, 3.63) is 146 Å². The Morgan fingerprint density at radius 1 is 0.720 bits per heavy atom. The zero-order chi connectivity index (χ0) is 55.5. The fraction of sp³-hybridized carbons (Fsp3) is 0.360. The highest BCUT2D eigenvalue weighted by molar-refractivity contribution is 9.10. The van der Waals surface area contributed by atoms with Crippen molar-refractivity contribution in [3.63, 3.8) is 0 Å². The van der Waals surface area contributed by atoms with E-state index in [-0.39, 0.29) is 61.8 Å². The van der Waals surface area contributed by atoms with Crippen molar-refractivity contribution in [2.45, 2.75) is 103 Å². The van der Waals surface area contributed by atoms with Gasteiger partial charge in [0, 0.05) is 33.0 Å². The first-order chi connectivity index (χ1) is 35.4. The predicted octanol–water partition coefficient (Wildman–Crippen LogP) is 5.98. The number of carboxylic acids is 1. The molecule has 1 fully saturated rings. The Morgan fingerprint density at radius 3 is 1.69 bits per heavy atom. The topological polar surface area (TPSA) is 306 Å². The summed E-state index contributed by atoms with van der Waals surface area (Å²) in [5.74, 6) is -3.18. The summed E-state index contributed by atoms with van der Waals surface area (Å²) in [5, 5.41) is 62.6. The number of carboxylic acid groups (broad SMARTS) is 1. The monoisotopic (exact) mass is 1140 g/mol. The Morgan fingerprint density at radius 2 is 1.21 bits per heavy atom. The quantitative estimate of drug-likeness (QED) is 0.0314. The molecule has 0 aliphatic carbocycles. The number of benzene rings is 4. The molecule has 4 atom stereocenters. The second-order valence-corrected chi connectivity index (χ2v) is 19.5. The molecule has 3 heterocycles. The van der Waals surface area contributed by atoms with Crippen molar-refractivity contribution in [2.75, 3.05) is 13.2 Å². The lowest BCUT2D eigenvalue weighted by molar-refractivity contribution is -0.154. The largest absolute Gasteiger partial charge is 0.494 e. The number of nitrogens with zero attached hydrogens (tertiary/aromatic N) is 6. The minimum Gasteiger partial charge on any atom is -0.476 e. The molecule has 0 saturated carbocycles. The molecule has 1 aliphatic rings. The van der Waals surface area contributed by atoms with Gasteiger partial charge in [-0.2, -0.15) is 0 Å². The SMILES string of the molecule is CC1(C)OB(c2cccc(Cl)c2)OC1(C)C.CCOC(=O)[C@H](O)C[C@@H](Cc1ccc(-c2cccc(Cl)c2)cc1)NC(=O)c1cn(O)nn1.CCOC(=O)[C@H](O)C[C@H](N)Cc1ccc(Br)cc1.O=C(O)c1cn(O)nn1. The van der Waals surface area contributed by atoms with E-state index in [0.29, 0.717) is 32.6 Å². The molecule has 0 radical (unpaired) electrons. The number of aromatic carboxylic acids is 1. The van der Waals surface area contributed by atoms with Gasteiger partial charge in [-0.25, -0.2) is 14.4 Å². The van der Waals surface area contributed by atoms with Gasteiger partial charge in [0.05, 0.1) is 30.6 Å². The molecule has 2 aromatic heterocycles. The van der Waals surface area contributed by atoms with E-state index in [1.807, 2.05) is 119 Å². The van der Waals surface area contributed by atoms with Gasteiger partial charge in [0.2, 0.25) is 0 Å². The first-order valence-corrected chi connectivity index (χ1v) is 24.9. The van der Waals surface area contributed by atoms with Crippen LogP contribution in [-0.2, 0) is 41.2 Å². The lowest BCUT2D eigenvalue weighted by Crippen LogP contribution is -2.41. The van der Waals surface area contributed by atoms with Gasteiger partial charge >= 0.3 is 25.0 Å². The summed E-state index contributed by atoms with van der Waals surface area (Å²) in [6, 6.07) is 29.6. The highest BCUT2D eigenvalue weighted by atomic mass is 79.9. The molecule has 7 rings (SSSR count). The fourth-order valence-electron chi connectivity index (χ4n) is 6.82. The normalized spacial score (nSPS) is 14.7. The summed E-state index contributed by atoms with van der Waals surface area (Å²) in [6.07, 6.45) is 0.489. The van der Waals surface area contributed by atoms with Crippen LogP contribution in [0.3, 0.4) is 0 Å². The number of rotatable bonds is 17. The highest BCUT2D eigenvalue weighted by Crippen LogP contribution is 2.36. The number of aliphatic hydroxyl groups excluding tert-OH is 2. The number of aliphatic hydroxyl groups is 2. The summed E-state index contributed by atoms with van der Waals surface area (Å²) >= 11 is 15.4. The molecular weight excluding hydrogens is 1080 g/mol. The standard InChI is InChI=1S/C22H23ClN4O5.C13H18BrNO3.C12H16BClO2.C3H3N3O3/c1-2-32-22(30)20(28)12-18(24-21(29)19-13-27(31)26-25-19)10-14-6-8-15(9-7-14)16-4-3-5-17(23)11-16;1-2-18-13(17)12(16)8-11(15)7-9-3-5-10(14)6-4-9;1-11(2)12(3,4)16-13(15-11)9-6-5-7-10(14)8-9;7-3(8)2-1-6(9)5-4-2/h3-9,11,13,18,20,28,31H,2,10,12H2,1H3,(H,24,29);3-6,11-12,16H,2,7-8,15H2,1H3;5-8H,1-4H3;1,9H,(H,7,8)/t18-,20-;11-,12-;;/m11../s1. The van der Waals surface area contributed by atoms with Crippen molar-refractivity contribution >= 4 is 75.5 Å². The molecule has 1 aliphatic heterocycles. The number of esters is 2. The molecule has 4 aromatic carbocycles. The molecule has 25 heteroatoms. The third-order valence-corrected chi connectivity index (χ3v) is 12.3. The number of hydrogen-bond acceptors (Lipinski definition) is 17. The van der Waals surface area contributed by atoms with E-state index < -0.39 is 42.1 Å². The van der Waals surface area contributed by atoms with Gasteiger partial charge in [0.1, 0.15) is 6.20 Å². The van der Waals surface area contributed by atoms with Crippen molar-refractivity contribution in [3.8, 4) is 11.1 Å². The average Bonchev–Trinajstić information content (AvgIpc) is 4.06. The highest BCUT2D eigenvalue weighted by Gasteiger charge is 2.51. The third kappa shape index (κ3) is 20.0. The van der Waals surface area contributed by atoms with Gasteiger partial charge in [-0.1, -0.05) is 109 Å². The lowest BCUT2D eigenvalue weighted by atomic mass is 9.79. The van der Waals surface area contributed by atoms with Crippen molar-refractivity contribution in [1.29, 1.82) is 0 Å². The van der Waals surface area contributed by atoms with E-state index in [0.717, 1.165) is 44.6 Å². The molecule has 8 N–H and O–H groups in total. The number of nitrogens with one attached hydrogen (secondary N) is 1. The zero-order valence-electron chi connectivity index (χ0n) is 41.9. The van der Waals surface area contributed by atoms with Gasteiger partial charge in [-0.15, -0.1) is 10.2 Å². The van der Waals surface area contributed by atoms with Crippen LogP contribution < -0.4 is 16.5 Å². The molecule has 1 saturated heterocycles. The molecular formula is C50H60BBrCl2N8O13. The first-order valence-electron chi connectivity index (χ1n) is 23.3. The van der Waals surface area contributed by atoms with Crippen LogP contribution in [0.2, 0.25) is 10.0 Å². The van der Waals surface area contributed by atoms with Crippen LogP contribution in [0.15, 0.2) is 114 Å². The minimum absolute atomic E-state index is 0.0616. The summed E-state index contributed by atoms with van der Waals surface area (Å²) in [5.41, 5.74) is 9.77. The van der Waals surface area contributed by atoms with Gasteiger partial charge < -0.3 is 55.6 Å². The maximum Gasteiger partial charge on any atom is 0.494 e. The maximum atomic E-state index is 12.5. The summed E-state index contributed by atoms with van der Waals surface area (Å²) in [7, 11) is -0.330. The van der Waals surface area contributed by atoms with Crippen molar-refractivity contribution in [2.24, 2.45) is 5.73 Å². The molecule has 402 valence electrons. The molecule has 75 heavy (non-hydrogen) atoms. The first kappa shape index (κ1) is 61.1. The summed E-state index contributed by atoms with van der Waals surface area (Å²) in [6.45, 7) is 11.9. The second-order valence-electron chi connectivity index (χ2n) is 17.7. The molecule has 0 bridgehead atoms. The Hall–Kier alpha value is -6.44. The Balaban J connectivity index is 0.000000239. The Kier molecular flexibility index (Phi) is 23.6. The van der Waals surface area contributed by atoms with Crippen LogP contribution in [0.4, 0.5) is 0 Å². The number of ether oxygens (including phenoxy) is 2. The maximum absolute atomic E-state index is 12.5. The molecule has 0 unspecified atom stereocenters. The molecule has 0 spiro atoms. The minimum atomic E-state index is -1.40. The lowest BCUT2D eigenvalue weighted by Gasteiger charge is -2.32. The van der Waals surface area contributed by atoms with E-state index in [1.54, 1.807) is 19.9 Å². The third-order valence-electron chi connectivity index (χ3n) is 11.3.